The number of oxime groups is 1. The van der Waals surface area contributed by atoms with Crippen LogP contribution in [0.2, 0.25) is 0 Å². The van der Waals surface area contributed by atoms with Crippen molar-refractivity contribution in [1.29, 1.82) is 0 Å². The van der Waals surface area contributed by atoms with E-state index < -0.39 is 12.3 Å². The number of carbonyl (C=O) groups excluding carboxylic acids is 2. The van der Waals surface area contributed by atoms with E-state index in [9.17, 15) is 14.0 Å². The SMILES string of the molecule is COc1ccc(NC(=O)C2=NOC3(CCCN(C(=O)CCF)C3)C2)cc1. The summed E-state index contributed by atoms with van der Waals surface area (Å²) in [4.78, 5) is 31.5. The highest BCUT2D eigenvalue weighted by Gasteiger charge is 2.45. The molecular formula is C18H22FN3O4. The normalized spacial score (nSPS) is 21.9. The Labute approximate surface area is 151 Å². The first-order valence-electron chi connectivity index (χ1n) is 8.59. The third kappa shape index (κ3) is 3.95. The van der Waals surface area contributed by atoms with Crippen molar-refractivity contribution in [1.82, 2.24) is 4.90 Å². The van der Waals surface area contributed by atoms with E-state index in [-0.39, 0.29) is 18.2 Å². The first-order chi connectivity index (χ1) is 12.5. The standard InChI is InChI=1S/C18H22FN3O4/c1-25-14-5-3-13(4-6-14)20-17(24)15-11-18(26-21-15)8-2-10-22(12-18)16(23)7-9-19/h3-6H,2,7-12H2,1H3,(H,20,24). The van der Waals surface area contributed by atoms with Gasteiger partial charge in [0.05, 0.1) is 26.7 Å². The summed E-state index contributed by atoms with van der Waals surface area (Å²) in [5.74, 6) is 0.134. The smallest absolute Gasteiger partial charge is 0.273 e. The van der Waals surface area contributed by atoms with Gasteiger partial charge in [0.1, 0.15) is 11.5 Å². The van der Waals surface area contributed by atoms with E-state index in [0.717, 1.165) is 6.42 Å². The van der Waals surface area contributed by atoms with Gasteiger partial charge >= 0.3 is 0 Å². The number of amides is 2. The third-order valence-electron chi connectivity index (χ3n) is 4.65. The molecule has 8 heteroatoms. The van der Waals surface area contributed by atoms with Gasteiger partial charge in [0.25, 0.3) is 5.91 Å². The Balaban J connectivity index is 1.59. The largest absolute Gasteiger partial charge is 0.497 e. The molecule has 0 saturated carbocycles. The minimum absolute atomic E-state index is 0.123. The van der Waals surface area contributed by atoms with Gasteiger partial charge < -0.3 is 19.8 Å². The lowest BCUT2D eigenvalue weighted by atomic mass is 9.88. The van der Waals surface area contributed by atoms with Crippen LogP contribution in [0.4, 0.5) is 10.1 Å². The second-order valence-electron chi connectivity index (χ2n) is 6.53. The van der Waals surface area contributed by atoms with Crippen molar-refractivity contribution in [2.45, 2.75) is 31.3 Å². The topological polar surface area (TPSA) is 80.2 Å². The maximum Gasteiger partial charge on any atom is 0.273 e. The molecule has 1 unspecified atom stereocenters. The Hall–Kier alpha value is -2.64. The molecule has 0 aliphatic carbocycles. The quantitative estimate of drug-likeness (QED) is 0.869. The van der Waals surface area contributed by atoms with Crippen LogP contribution in [-0.2, 0) is 14.4 Å². The molecule has 2 heterocycles. The summed E-state index contributed by atoms with van der Waals surface area (Å²) < 4.78 is 17.5. The number of benzene rings is 1. The maximum absolute atomic E-state index is 12.4. The lowest BCUT2D eigenvalue weighted by molar-refractivity contribution is -0.140. The van der Waals surface area contributed by atoms with Crippen LogP contribution in [-0.4, -0.2) is 54.9 Å². The molecule has 3 rings (SSSR count). The van der Waals surface area contributed by atoms with Crippen molar-refractivity contribution in [2.75, 3.05) is 32.2 Å². The molecule has 1 N–H and O–H groups in total. The predicted molar refractivity (Wildman–Crippen MR) is 93.9 cm³/mol. The first-order valence-corrected chi connectivity index (χ1v) is 8.59. The summed E-state index contributed by atoms with van der Waals surface area (Å²) in [6.07, 6.45) is 1.65. The van der Waals surface area contributed by atoms with E-state index in [1.165, 1.54) is 0 Å². The van der Waals surface area contributed by atoms with E-state index in [1.807, 2.05) is 0 Å². The highest BCUT2D eigenvalue weighted by molar-refractivity contribution is 6.43. The minimum atomic E-state index is -0.684. The van der Waals surface area contributed by atoms with Gasteiger partial charge in [-0.15, -0.1) is 0 Å². The number of methoxy groups -OCH3 is 1. The number of halogens is 1. The predicted octanol–water partition coefficient (Wildman–Crippen LogP) is 2.13. The highest BCUT2D eigenvalue weighted by Crippen LogP contribution is 2.34. The van der Waals surface area contributed by atoms with Gasteiger partial charge in [-0.2, -0.15) is 0 Å². The van der Waals surface area contributed by atoms with E-state index in [2.05, 4.69) is 10.5 Å². The first kappa shape index (κ1) is 18.2. The summed E-state index contributed by atoms with van der Waals surface area (Å²) in [6.45, 7) is 0.237. The molecule has 0 bridgehead atoms. The van der Waals surface area contributed by atoms with Crippen molar-refractivity contribution in [3.8, 4) is 5.75 Å². The zero-order chi connectivity index (χ0) is 18.6. The molecule has 2 aliphatic rings. The number of anilines is 1. The monoisotopic (exact) mass is 363 g/mol. The van der Waals surface area contributed by atoms with Crippen LogP contribution in [0.1, 0.15) is 25.7 Å². The summed E-state index contributed by atoms with van der Waals surface area (Å²) in [5, 5.41) is 6.73. The fourth-order valence-corrected chi connectivity index (χ4v) is 3.29. The number of likely N-dealkylation sites (tertiary alicyclic amines) is 1. The van der Waals surface area contributed by atoms with Crippen LogP contribution in [0.15, 0.2) is 29.4 Å². The number of carbonyl (C=O) groups is 2. The molecule has 7 nitrogen and oxygen atoms in total. The van der Waals surface area contributed by atoms with E-state index in [1.54, 1.807) is 36.3 Å². The van der Waals surface area contributed by atoms with Gasteiger partial charge in [0.2, 0.25) is 5.91 Å². The molecule has 0 radical (unpaired) electrons. The number of alkyl halides is 1. The second kappa shape index (κ2) is 7.72. The lowest BCUT2D eigenvalue weighted by Crippen LogP contribution is -2.50. The van der Waals surface area contributed by atoms with Crippen LogP contribution in [0, 0.1) is 0 Å². The summed E-state index contributed by atoms with van der Waals surface area (Å²) in [5.41, 5.74) is 0.236. The number of piperidine rings is 1. The molecule has 1 aromatic carbocycles. The fourth-order valence-electron chi connectivity index (χ4n) is 3.29. The molecule has 26 heavy (non-hydrogen) atoms. The summed E-state index contributed by atoms with van der Waals surface area (Å²) in [6, 6.07) is 6.97. The average Bonchev–Trinajstić information content (AvgIpc) is 3.06. The van der Waals surface area contributed by atoms with E-state index >= 15 is 0 Å². The van der Waals surface area contributed by atoms with Crippen LogP contribution >= 0.6 is 0 Å². The van der Waals surface area contributed by atoms with Gasteiger partial charge in [0, 0.05) is 18.7 Å². The second-order valence-corrected chi connectivity index (χ2v) is 6.53. The lowest BCUT2D eigenvalue weighted by Gasteiger charge is -2.38. The Bertz CT molecular complexity index is 707. The molecule has 140 valence electrons. The Kier molecular flexibility index (Phi) is 5.39. The number of nitrogens with zero attached hydrogens (tertiary/aromatic N) is 2. The number of rotatable bonds is 5. The fraction of sp³-hybridized carbons (Fsp3) is 0.500. The Morgan fingerprint density at radius 2 is 2.15 bits per heavy atom. The number of hydrogen-bond acceptors (Lipinski definition) is 5. The molecule has 0 aromatic heterocycles. The molecule has 1 spiro atoms. The van der Waals surface area contributed by atoms with Crippen LogP contribution in [0.5, 0.6) is 5.75 Å². The average molecular weight is 363 g/mol. The third-order valence-corrected chi connectivity index (χ3v) is 4.65. The summed E-state index contributed by atoms with van der Waals surface area (Å²) >= 11 is 0. The van der Waals surface area contributed by atoms with E-state index in [0.29, 0.717) is 43.1 Å². The van der Waals surface area contributed by atoms with E-state index in [4.69, 9.17) is 9.57 Å². The van der Waals surface area contributed by atoms with Crippen molar-refractivity contribution < 1.29 is 23.6 Å². The zero-order valence-electron chi connectivity index (χ0n) is 14.7. The molecule has 1 aromatic rings. The van der Waals surface area contributed by atoms with Crippen LogP contribution < -0.4 is 10.1 Å². The van der Waals surface area contributed by atoms with Gasteiger partial charge in [-0.05, 0) is 37.1 Å². The molecule has 2 amide bonds. The minimum Gasteiger partial charge on any atom is -0.497 e. The van der Waals surface area contributed by atoms with Crippen molar-refractivity contribution in [2.24, 2.45) is 5.16 Å². The molecule has 2 aliphatic heterocycles. The summed E-state index contributed by atoms with van der Waals surface area (Å²) in [7, 11) is 1.57. The van der Waals surface area contributed by atoms with Crippen molar-refractivity contribution in [3.63, 3.8) is 0 Å². The zero-order valence-corrected chi connectivity index (χ0v) is 14.7. The Morgan fingerprint density at radius 1 is 1.38 bits per heavy atom. The molecular weight excluding hydrogens is 341 g/mol. The highest BCUT2D eigenvalue weighted by atomic mass is 19.1. The van der Waals surface area contributed by atoms with Gasteiger partial charge in [-0.3, -0.25) is 14.0 Å². The number of ether oxygens (including phenoxy) is 1. The number of nitrogens with one attached hydrogen (secondary N) is 1. The molecule has 1 saturated heterocycles. The Morgan fingerprint density at radius 3 is 2.85 bits per heavy atom. The maximum atomic E-state index is 12.4. The van der Waals surface area contributed by atoms with Gasteiger partial charge in [0.15, 0.2) is 5.60 Å². The van der Waals surface area contributed by atoms with Gasteiger partial charge in [-0.1, -0.05) is 5.16 Å². The number of hydrogen-bond donors (Lipinski definition) is 1. The van der Waals surface area contributed by atoms with Crippen LogP contribution in [0.3, 0.4) is 0 Å². The van der Waals surface area contributed by atoms with Crippen LogP contribution in [0.25, 0.3) is 0 Å². The molecule has 1 fully saturated rings. The van der Waals surface area contributed by atoms with Gasteiger partial charge in [-0.25, -0.2) is 0 Å². The van der Waals surface area contributed by atoms with Crippen molar-refractivity contribution >= 4 is 23.2 Å². The molecule has 1 atom stereocenters. The van der Waals surface area contributed by atoms with Crippen molar-refractivity contribution in [3.05, 3.63) is 24.3 Å².